The number of carboxylic acids is 1. The summed E-state index contributed by atoms with van der Waals surface area (Å²) in [7, 11) is 1.88. The van der Waals surface area contributed by atoms with E-state index >= 15 is 0 Å². The molecule has 3 atom stereocenters. The average molecular weight is 284 g/mol. The molecule has 0 saturated carbocycles. The monoisotopic (exact) mass is 284 g/mol. The molecule has 112 valence electrons. The van der Waals surface area contributed by atoms with Gasteiger partial charge in [-0.2, -0.15) is 0 Å². The quantitative estimate of drug-likeness (QED) is 0.203. The van der Waals surface area contributed by atoms with E-state index in [0.717, 1.165) is 6.34 Å². The van der Waals surface area contributed by atoms with E-state index in [0.29, 0.717) is 6.42 Å². The topological polar surface area (TPSA) is 140 Å². The van der Waals surface area contributed by atoms with Crippen molar-refractivity contribution in [1.29, 1.82) is 5.53 Å². The highest BCUT2D eigenvalue weighted by Gasteiger charge is 2.43. The predicted molar refractivity (Wildman–Crippen MR) is 71.2 cm³/mol. The molecule has 4 N–H and O–H groups in total. The van der Waals surface area contributed by atoms with Crippen molar-refractivity contribution < 1.29 is 14.7 Å². The molecule has 3 unspecified atom stereocenters. The molecule has 20 heavy (non-hydrogen) atoms. The largest absolute Gasteiger partial charge is 0.480 e. The van der Waals surface area contributed by atoms with Crippen molar-refractivity contribution in [2.24, 2.45) is 10.1 Å². The second kappa shape index (κ2) is 7.06. The van der Waals surface area contributed by atoms with Crippen LogP contribution in [0.15, 0.2) is 10.1 Å². The smallest absolute Gasteiger partial charge is 0.326 e. The van der Waals surface area contributed by atoms with Gasteiger partial charge in [0.1, 0.15) is 12.4 Å². The van der Waals surface area contributed by atoms with E-state index in [1.165, 1.54) is 0 Å². The third kappa shape index (κ3) is 5.02. The fourth-order valence-corrected chi connectivity index (χ4v) is 1.74. The zero-order valence-electron chi connectivity index (χ0n) is 11.6. The van der Waals surface area contributed by atoms with Gasteiger partial charge in [0, 0.05) is 20.0 Å². The van der Waals surface area contributed by atoms with Crippen LogP contribution in [0, 0.1) is 5.53 Å². The maximum atomic E-state index is 11.7. The van der Waals surface area contributed by atoms with Gasteiger partial charge in [0.15, 0.2) is 0 Å². The van der Waals surface area contributed by atoms with Crippen LogP contribution in [0.4, 0.5) is 0 Å². The molecule has 1 saturated heterocycles. The van der Waals surface area contributed by atoms with Gasteiger partial charge < -0.3 is 10.4 Å². The number of nitrogens with one attached hydrogen (secondary N) is 3. The Morgan fingerprint density at radius 1 is 1.60 bits per heavy atom. The first-order valence-corrected chi connectivity index (χ1v) is 6.28. The van der Waals surface area contributed by atoms with Crippen LogP contribution in [0.3, 0.4) is 0 Å². The van der Waals surface area contributed by atoms with Crippen LogP contribution in [0.2, 0.25) is 0 Å². The van der Waals surface area contributed by atoms with Gasteiger partial charge in [-0.25, -0.2) is 20.8 Å². The molecule has 0 spiro atoms. The van der Waals surface area contributed by atoms with E-state index in [1.807, 2.05) is 19.0 Å². The molecule has 1 fully saturated rings. The second-order valence-electron chi connectivity index (χ2n) is 4.84. The number of nitrogens with zero attached hydrogens (tertiary/aromatic N) is 3. The van der Waals surface area contributed by atoms with E-state index in [2.05, 4.69) is 20.8 Å². The number of hydrogen-bond donors (Lipinski definition) is 4. The van der Waals surface area contributed by atoms with Crippen LogP contribution in [-0.2, 0) is 9.59 Å². The second-order valence-corrected chi connectivity index (χ2v) is 4.84. The lowest BCUT2D eigenvalue weighted by molar-refractivity contribution is -0.142. The first-order chi connectivity index (χ1) is 9.39. The Bertz CT molecular complexity index is 413. The minimum Gasteiger partial charge on any atom is -0.480 e. The number of carboxylic acid groups (broad SMARTS) is 1. The molecule has 0 aliphatic carbocycles. The van der Waals surface area contributed by atoms with Gasteiger partial charge in [-0.15, -0.1) is 5.11 Å². The summed E-state index contributed by atoms with van der Waals surface area (Å²) < 4.78 is 0. The van der Waals surface area contributed by atoms with Crippen molar-refractivity contribution in [1.82, 2.24) is 15.8 Å². The lowest BCUT2D eigenvalue weighted by Crippen LogP contribution is -2.41. The Morgan fingerprint density at radius 3 is 2.75 bits per heavy atom. The average Bonchev–Trinajstić information content (AvgIpc) is 2.99. The lowest BCUT2D eigenvalue weighted by atomic mass is 10.1. The zero-order valence-corrected chi connectivity index (χ0v) is 11.6. The third-order valence-electron chi connectivity index (χ3n) is 3.26. The van der Waals surface area contributed by atoms with Crippen LogP contribution in [0.1, 0.15) is 26.2 Å². The molecule has 1 rings (SSSR count). The summed E-state index contributed by atoms with van der Waals surface area (Å²) in [6, 6.07) is -0.969. The molecule has 0 bridgehead atoms. The molecule has 0 aromatic heterocycles. The van der Waals surface area contributed by atoms with Crippen LogP contribution in [0.5, 0.6) is 0 Å². The van der Waals surface area contributed by atoms with Crippen molar-refractivity contribution in [2.45, 2.75) is 37.9 Å². The fourth-order valence-electron chi connectivity index (χ4n) is 1.74. The fraction of sp³-hybridized carbons (Fsp3) is 0.727. The summed E-state index contributed by atoms with van der Waals surface area (Å²) in [5.74, 6) is -1.39. The predicted octanol–water partition coefficient (Wildman–Crippen LogP) is -0.0484. The first kappa shape index (κ1) is 16.2. The summed E-state index contributed by atoms with van der Waals surface area (Å²) in [5, 5.41) is 16.3. The molecule has 1 aliphatic heterocycles. The molecule has 0 radical (unpaired) electrons. The van der Waals surface area contributed by atoms with E-state index < -0.39 is 12.0 Å². The number of aliphatic imine (C=N–C) groups is 1. The van der Waals surface area contributed by atoms with Crippen LogP contribution in [0.25, 0.3) is 0 Å². The zero-order chi connectivity index (χ0) is 15.2. The third-order valence-corrected chi connectivity index (χ3v) is 3.26. The molecular formula is C11H20N6O3. The highest BCUT2D eigenvalue weighted by molar-refractivity contribution is 5.83. The first-order valence-electron chi connectivity index (χ1n) is 6.28. The standard InChI is InChI=1S/C11H20N6O3/c1-11(16-17(11)2)5-3-9(18)15-8(10(19)20)4-6-13-7-14-12/h7-8,12,16H,3-6H2,1-2H3,(H,15,18)(H,19,20)/b13-7+,14-12?. The maximum absolute atomic E-state index is 11.7. The Labute approximate surface area is 116 Å². The number of carbonyl (C=O) groups is 2. The van der Waals surface area contributed by atoms with Gasteiger partial charge in [0.2, 0.25) is 5.91 Å². The number of amides is 1. The van der Waals surface area contributed by atoms with Gasteiger partial charge in [0.05, 0.1) is 5.66 Å². The minimum atomic E-state index is -1.09. The molecule has 9 nitrogen and oxygen atoms in total. The summed E-state index contributed by atoms with van der Waals surface area (Å²) in [6.45, 7) is 2.16. The van der Waals surface area contributed by atoms with E-state index in [-0.39, 0.29) is 31.0 Å². The van der Waals surface area contributed by atoms with Crippen molar-refractivity contribution in [2.75, 3.05) is 13.6 Å². The van der Waals surface area contributed by atoms with Crippen molar-refractivity contribution in [3.63, 3.8) is 0 Å². The molecule has 1 aliphatic rings. The van der Waals surface area contributed by atoms with Gasteiger partial charge >= 0.3 is 5.97 Å². The van der Waals surface area contributed by atoms with E-state index in [9.17, 15) is 9.59 Å². The van der Waals surface area contributed by atoms with Gasteiger partial charge in [-0.3, -0.25) is 9.79 Å². The van der Waals surface area contributed by atoms with Crippen molar-refractivity contribution in [3.05, 3.63) is 0 Å². The summed E-state index contributed by atoms with van der Waals surface area (Å²) in [6.07, 6.45) is 2.07. The summed E-state index contributed by atoms with van der Waals surface area (Å²) in [5.41, 5.74) is 9.41. The lowest BCUT2D eigenvalue weighted by Gasteiger charge is -2.14. The van der Waals surface area contributed by atoms with Gasteiger partial charge in [-0.05, 0) is 19.8 Å². The van der Waals surface area contributed by atoms with Crippen LogP contribution < -0.4 is 10.7 Å². The van der Waals surface area contributed by atoms with Crippen LogP contribution >= 0.6 is 0 Å². The summed E-state index contributed by atoms with van der Waals surface area (Å²) in [4.78, 5) is 26.5. The molecule has 1 amide bonds. The molecule has 0 aromatic carbocycles. The molecule has 0 aromatic rings. The van der Waals surface area contributed by atoms with Gasteiger partial charge in [-0.1, -0.05) is 0 Å². The Kier molecular flexibility index (Phi) is 5.71. The number of rotatable bonds is 9. The SMILES string of the molecule is CN1NC1(C)CCC(=O)NC(CC/N=C/N=N)C(=O)O. The van der Waals surface area contributed by atoms with E-state index in [1.54, 1.807) is 0 Å². The maximum Gasteiger partial charge on any atom is 0.326 e. The molecule has 1 heterocycles. The van der Waals surface area contributed by atoms with Crippen molar-refractivity contribution in [3.8, 4) is 0 Å². The Balaban J connectivity index is 2.33. The summed E-state index contributed by atoms with van der Waals surface area (Å²) >= 11 is 0. The van der Waals surface area contributed by atoms with Gasteiger partial charge in [0.25, 0.3) is 0 Å². The van der Waals surface area contributed by atoms with E-state index in [4.69, 9.17) is 10.6 Å². The normalized spacial score (nSPS) is 26.2. The molecule has 9 heteroatoms. The molecular weight excluding hydrogens is 264 g/mol. The number of hydrogen-bond acceptors (Lipinski definition) is 6. The Hall–Kier alpha value is -1.87. The van der Waals surface area contributed by atoms with Crippen molar-refractivity contribution >= 4 is 18.2 Å². The highest BCUT2D eigenvalue weighted by Crippen LogP contribution is 2.26. The number of aliphatic carboxylic acids is 1. The Morgan fingerprint density at radius 2 is 2.25 bits per heavy atom. The van der Waals surface area contributed by atoms with Crippen LogP contribution in [-0.4, -0.2) is 53.6 Å². The minimum absolute atomic E-state index is 0.169. The number of hydrazine groups is 1. The number of carbonyl (C=O) groups excluding carboxylic acids is 1. The highest BCUT2D eigenvalue weighted by atomic mass is 16.4.